The molecule has 0 heterocycles. The molecule has 0 amide bonds. The van der Waals surface area contributed by atoms with Gasteiger partial charge in [-0.15, -0.1) is 0 Å². The van der Waals surface area contributed by atoms with Crippen LogP contribution in [0.2, 0.25) is 0 Å². The third-order valence-electron chi connectivity index (χ3n) is 10.3. The van der Waals surface area contributed by atoms with Gasteiger partial charge in [-0.05, 0) is 0 Å². The molecule has 0 aromatic heterocycles. The Morgan fingerprint density at radius 1 is 0.542 bits per heavy atom. The summed E-state index contributed by atoms with van der Waals surface area (Å²) < 4.78 is 3.91. The van der Waals surface area contributed by atoms with Crippen LogP contribution in [-0.2, 0) is 31.8 Å². The average molecular weight is 791 g/mol. The van der Waals surface area contributed by atoms with Gasteiger partial charge >= 0.3 is 298 Å². The first kappa shape index (κ1) is 32.8. The van der Waals surface area contributed by atoms with Gasteiger partial charge in [0, 0.05) is 0 Å². The van der Waals surface area contributed by atoms with Crippen LogP contribution in [0.25, 0.3) is 39.0 Å². The van der Waals surface area contributed by atoms with E-state index in [2.05, 4.69) is 183 Å². The van der Waals surface area contributed by atoms with Crippen molar-refractivity contribution in [3.05, 3.63) is 159 Å². The van der Waals surface area contributed by atoms with E-state index in [0.717, 1.165) is 6.42 Å². The van der Waals surface area contributed by atoms with Crippen molar-refractivity contribution >= 4 is 8.83 Å². The molecule has 2 aliphatic rings. The first-order valence-electron chi connectivity index (χ1n) is 17.5. The molecule has 0 saturated heterocycles. The molecular formula is C47H48Hf. The molecule has 2 aliphatic carbocycles. The van der Waals surface area contributed by atoms with Crippen molar-refractivity contribution in [2.75, 3.05) is 0 Å². The van der Waals surface area contributed by atoms with Gasteiger partial charge in [0.15, 0.2) is 0 Å². The molecule has 0 N–H and O–H groups in total. The van der Waals surface area contributed by atoms with Crippen LogP contribution in [0.3, 0.4) is 0 Å². The monoisotopic (exact) mass is 792 g/mol. The van der Waals surface area contributed by atoms with Crippen molar-refractivity contribution in [1.82, 2.24) is 0 Å². The quantitative estimate of drug-likeness (QED) is 0.156. The van der Waals surface area contributed by atoms with E-state index < -0.39 is 21.0 Å². The molecule has 0 unspecified atom stereocenters. The summed E-state index contributed by atoms with van der Waals surface area (Å²) in [5.41, 5.74) is 17.1. The average Bonchev–Trinajstić information content (AvgIpc) is 3.68. The number of rotatable bonds is 5. The van der Waals surface area contributed by atoms with Crippen LogP contribution in [0.1, 0.15) is 93.3 Å². The van der Waals surface area contributed by atoms with E-state index in [9.17, 15) is 0 Å². The summed E-state index contributed by atoms with van der Waals surface area (Å²) in [5.74, 6) is 0. The molecule has 0 aliphatic heterocycles. The Labute approximate surface area is 296 Å². The third kappa shape index (κ3) is 6.16. The van der Waals surface area contributed by atoms with Crippen molar-refractivity contribution in [3.8, 4) is 33.4 Å². The normalized spacial score (nSPS) is 14.3. The molecule has 0 spiro atoms. The van der Waals surface area contributed by atoms with Crippen LogP contribution in [0.15, 0.2) is 131 Å². The van der Waals surface area contributed by atoms with E-state index in [1.807, 2.05) is 0 Å². The number of hydrogen-bond acceptors (Lipinski definition) is 0. The second-order valence-corrected chi connectivity index (χ2v) is 26.8. The van der Waals surface area contributed by atoms with E-state index in [1.165, 1.54) is 55.6 Å². The minimum atomic E-state index is -2.77. The predicted octanol–water partition coefficient (Wildman–Crippen LogP) is 12.9. The van der Waals surface area contributed by atoms with Crippen LogP contribution < -0.4 is 0 Å². The first-order valence-corrected chi connectivity index (χ1v) is 23.2. The molecule has 0 atom stereocenters. The van der Waals surface area contributed by atoms with Gasteiger partial charge in [-0.25, -0.2) is 0 Å². The van der Waals surface area contributed by atoms with Gasteiger partial charge < -0.3 is 0 Å². The molecule has 240 valence electrons. The van der Waals surface area contributed by atoms with Crippen LogP contribution in [0, 0.1) is 0 Å². The van der Waals surface area contributed by atoms with Gasteiger partial charge in [0.1, 0.15) is 0 Å². The maximum absolute atomic E-state index is 2.77. The molecule has 0 saturated carbocycles. The Hall–Kier alpha value is -3.68. The van der Waals surface area contributed by atoms with Crippen LogP contribution in [-0.4, -0.2) is 3.26 Å². The van der Waals surface area contributed by atoms with Gasteiger partial charge in [0.2, 0.25) is 0 Å². The molecule has 0 nitrogen and oxygen atoms in total. The third-order valence-corrected chi connectivity index (χ3v) is 22.5. The number of fused-ring (bicyclic) bond motifs is 3. The minimum absolute atomic E-state index is 0.103. The Kier molecular flexibility index (Phi) is 8.66. The zero-order valence-corrected chi connectivity index (χ0v) is 33.5. The Balaban J connectivity index is 1.47. The van der Waals surface area contributed by atoms with Gasteiger partial charge in [-0.1, -0.05) is 0 Å². The predicted molar refractivity (Wildman–Crippen MR) is 205 cm³/mol. The molecule has 7 rings (SSSR count). The number of hydrogen-bond donors (Lipinski definition) is 0. The summed E-state index contributed by atoms with van der Waals surface area (Å²) in [6, 6.07) is 43.9. The summed E-state index contributed by atoms with van der Waals surface area (Å²) in [7, 11) is 0. The van der Waals surface area contributed by atoms with Crippen LogP contribution in [0.5, 0.6) is 0 Å². The Morgan fingerprint density at radius 2 is 1.00 bits per heavy atom. The summed E-state index contributed by atoms with van der Waals surface area (Å²) in [6.07, 6.45) is 5.97. The van der Waals surface area contributed by atoms with Gasteiger partial charge in [0.25, 0.3) is 0 Å². The number of allylic oxidation sites excluding steroid dienone is 4. The SMILES string of the molecule is C[C](C)=[Hf]([C]1=C(c2cc(-c3ccccc3)cc(-c3ccccc3)c2)C=CC1)[CH]1c2cc(C(C)(C)C)ccc2-c2ccc(C(C)(C)C)cc21. The fourth-order valence-corrected chi connectivity index (χ4v) is 20.2. The molecule has 48 heavy (non-hydrogen) atoms. The molecule has 0 fully saturated rings. The van der Waals surface area contributed by atoms with Gasteiger partial charge in [-0.3, -0.25) is 0 Å². The van der Waals surface area contributed by atoms with E-state index in [1.54, 1.807) is 17.7 Å². The summed E-state index contributed by atoms with van der Waals surface area (Å²) in [4.78, 5) is 0. The van der Waals surface area contributed by atoms with E-state index in [0.29, 0.717) is 3.67 Å². The maximum atomic E-state index is 2.59. The van der Waals surface area contributed by atoms with Crippen LogP contribution in [0.4, 0.5) is 0 Å². The molecule has 1 heteroatoms. The summed E-state index contributed by atoms with van der Waals surface area (Å²) >= 11 is -2.77. The molecular weight excluding hydrogens is 743 g/mol. The molecule has 5 aromatic carbocycles. The van der Waals surface area contributed by atoms with Crippen molar-refractivity contribution in [2.24, 2.45) is 0 Å². The van der Waals surface area contributed by atoms with Crippen molar-refractivity contribution < 1.29 is 21.0 Å². The Bertz CT molecular complexity index is 1980. The standard InChI is InChI=1S/C23H17.C21H25.C3H6.Hf/c1-3-9-18(10-4-1)21-15-22(19-11-5-2-6-12-19)17-23(16-21)20-13-7-8-14-20;1-20(2,3)16-7-9-18-14(12-16)11-15-13-17(21(4,5)6)8-10-19(15)18;1-3-2;/h1-7,9-13,15-17H,8H2;7-13H,1-6H3;1-2H3;. The van der Waals surface area contributed by atoms with Crippen molar-refractivity contribution in [3.63, 3.8) is 0 Å². The summed E-state index contributed by atoms with van der Waals surface area (Å²) in [5, 5.41) is 0. The fourth-order valence-electron chi connectivity index (χ4n) is 7.68. The second-order valence-electron chi connectivity index (χ2n) is 16.0. The van der Waals surface area contributed by atoms with Crippen molar-refractivity contribution in [2.45, 2.75) is 76.3 Å². The summed E-state index contributed by atoms with van der Waals surface area (Å²) in [6.45, 7) is 19.0. The van der Waals surface area contributed by atoms with Gasteiger partial charge in [-0.2, -0.15) is 0 Å². The topological polar surface area (TPSA) is 0 Å². The molecule has 0 radical (unpaired) electrons. The fraction of sp³-hybridized carbons (Fsp3) is 0.255. The zero-order valence-electron chi connectivity index (χ0n) is 29.9. The van der Waals surface area contributed by atoms with E-state index in [4.69, 9.17) is 0 Å². The van der Waals surface area contributed by atoms with Gasteiger partial charge in [0.05, 0.1) is 0 Å². The number of benzene rings is 5. The van der Waals surface area contributed by atoms with Crippen LogP contribution >= 0.6 is 0 Å². The van der Waals surface area contributed by atoms with Crippen molar-refractivity contribution in [1.29, 1.82) is 0 Å². The molecule has 5 aromatic rings. The first-order chi connectivity index (χ1) is 22.9. The second kappa shape index (κ2) is 12.6. The van der Waals surface area contributed by atoms with E-state index >= 15 is 0 Å². The van der Waals surface area contributed by atoms with E-state index in [-0.39, 0.29) is 10.8 Å². The Morgan fingerprint density at radius 3 is 1.44 bits per heavy atom. The zero-order chi connectivity index (χ0) is 33.8. The molecule has 0 bridgehead atoms.